The number of hydrogen-bond donors (Lipinski definition) is 1. The molecular weight excluding hydrogens is 264 g/mol. The molecule has 0 saturated heterocycles. The van der Waals surface area contributed by atoms with Crippen molar-refractivity contribution in [3.05, 3.63) is 64.6 Å². The van der Waals surface area contributed by atoms with E-state index in [1.165, 1.54) is 6.07 Å². The normalized spacial score (nSPS) is 11.9. The zero-order chi connectivity index (χ0) is 15.2. The number of nitrogens with one attached hydrogen (secondary N) is 1. The van der Waals surface area contributed by atoms with Crippen LogP contribution in [-0.2, 0) is 11.3 Å². The van der Waals surface area contributed by atoms with Crippen LogP contribution in [0.4, 0.5) is 5.69 Å². The van der Waals surface area contributed by atoms with E-state index in [1.807, 2.05) is 44.2 Å². The zero-order valence-electron chi connectivity index (χ0n) is 12.4. The lowest BCUT2D eigenvalue weighted by molar-refractivity contribution is -0.117. The maximum Gasteiger partial charge on any atom is 0.250 e. The summed E-state index contributed by atoms with van der Waals surface area (Å²) in [4.78, 5) is 24.0. The second kappa shape index (κ2) is 6.88. The predicted molar refractivity (Wildman–Crippen MR) is 84.5 cm³/mol. The van der Waals surface area contributed by atoms with Crippen molar-refractivity contribution in [2.75, 3.05) is 5.32 Å². The molecule has 0 saturated carbocycles. The molecule has 0 fully saturated rings. The largest absolute Gasteiger partial charge is 0.324 e. The van der Waals surface area contributed by atoms with Crippen LogP contribution in [0.1, 0.15) is 31.7 Å². The first kappa shape index (κ1) is 15.0. The second-order valence-corrected chi connectivity index (χ2v) is 4.90. The molecular formula is C17H20N2O2. The summed E-state index contributed by atoms with van der Waals surface area (Å²) in [5.74, 6) is -0.238. The smallest absolute Gasteiger partial charge is 0.250 e. The Labute approximate surface area is 124 Å². The first-order valence-electron chi connectivity index (χ1n) is 7.22. The monoisotopic (exact) mass is 284 g/mol. The summed E-state index contributed by atoms with van der Waals surface area (Å²) < 4.78 is 1.57. The number of aromatic nitrogens is 1. The molecule has 0 aliphatic rings. The van der Waals surface area contributed by atoms with Crippen molar-refractivity contribution < 1.29 is 4.79 Å². The van der Waals surface area contributed by atoms with Crippen molar-refractivity contribution in [2.45, 2.75) is 32.7 Å². The van der Waals surface area contributed by atoms with Gasteiger partial charge in [0.25, 0.3) is 5.56 Å². The molecule has 0 radical (unpaired) electrons. The van der Waals surface area contributed by atoms with Gasteiger partial charge < -0.3 is 9.88 Å². The summed E-state index contributed by atoms with van der Waals surface area (Å²) in [6, 6.07) is 12.8. The molecule has 0 aliphatic heterocycles. The molecule has 1 atom stereocenters. The molecule has 2 rings (SSSR count). The van der Waals surface area contributed by atoms with Crippen molar-refractivity contribution in [1.29, 1.82) is 0 Å². The average Bonchev–Trinajstić information content (AvgIpc) is 2.51. The van der Waals surface area contributed by atoms with Gasteiger partial charge in [0.15, 0.2) is 0 Å². The van der Waals surface area contributed by atoms with Gasteiger partial charge in [0.2, 0.25) is 5.91 Å². The number of benzene rings is 1. The van der Waals surface area contributed by atoms with E-state index in [9.17, 15) is 9.59 Å². The minimum Gasteiger partial charge on any atom is -0.324 e. The minimum absolute atomic E-state index is 0.0509. The van der Waals surface area contributed by atoms with E-state index in [0.717, 1.165) is 12.0 Å². The number of hydrogen-bond acceptors (Lipinski definition) is 2. The second-order valence-electron chi connectivity index (χ2n) is 4.90. The highest BCUT2D eigenvalue weighted by Crippen LogP contribution is 2.21. The zero-order valence-corrected chi connectivity index (χ0v) is 12.4. The number of nitrogens with zero attached hydrogens (tertiary/aromatic N) is 1. The van der Waals surface area contributed by atoms with Gasteiger partial charge >= 0.3 is 0 Å². The van der Waals surface area contributed by atoms with Crippen molar-refractivity contribution in [3.63, 3.8) is 0 Å². The first-order valence-corrected chi connectivity index (χ1v) is 7.22. The third kappa shape index (κ3) is 3.60. The van der Waals surface area contributed by atoms with E-state index >= 15 is 0 Å². The number of pyridine rings is 1. The lowest BCUT2D eigenvalue weighted by Crippen LogP contribution is -2.23. The van der Waals surface area contributed by atoms with E-state index in [0.29, 0.717) is 12.2 Å². The highest BCUT2D eigenvalue weighted by molar-refractivity contribution is 5.95. The lowest BCUT2D eigenvalue weighted by atomic mass is 9.95. The number of carbonyl (C=O) groups excluding carboxylic acids is 1. The maximum absolute atomic E-state index is 12.4. The lowest BCUT2D eigenvalue weighted by Gasteiger charge is -2.16. The van der Waals surface area contributed by atoms with Gasteiger partial charge in [0, 0.05) is 18.8 Å². The summed E-state index contributed by atoms with van der Waals surface area (Å²) in [7, 11) is 0. The van der Waals surface area contributed by atoms with Crippen molar-refractivity contribution >= 4 is 11.6 Å². The van der Waals surface area contributed by atoms with Crippen LogP contribution in [0.15, 0.2) is 53.5 Å². The molecule has 1 amide bonds. The molecule has 4 nitrogen and oxygen atoms in total. The van der Waals surface area contributed by atoms with Gasteiger partial charge in [0.05, 0.1) is 11.6 Å². The summed E-state index contributed by atoms with van der Waals surface area (Å²) >= 11 is 0. The summed E-state index contributed by atoms with van der Waals surface area (Å²) in [5, 5.41) is 2.89. The van der Waals surface area contributed by atoms with Gasteiger partial charge in [-0.3, -0.25) is 9.59 Å². The molecule has 1 unspecified atom stereocenters. The number of aryl methyl sites for hydroxylation is 1. The van der Waals surface area contributed by atoms with Crippen molar-refractivity contribution in [2.24, 2.45) is 0 Å². The van der Waals surface area contributed by atoms with Crippen molar-refractivity contribution in [3.8, 4) is 0 Å². The van der Waals surface area contributed by atoms with Gasteiger partial charge in [-0.1, -0.05) is 37.3 Å². The Balaban J connectivity index is 2.18. The molecule has 4 heteroatoms. The van der Waals surface area contributed by atoms with E-state index in [-0.39, 0.29) is 17.4 Å². The van der Waals surface area contributed by atoms with Gasteiger partial charge in [-0.25, -0.2) is 0 Å². The van der Waals surface area contributed by atoms with E-state index < -0.39 is 0 Å². The fourth-order valence-electron chi connectivity index (χ4n) is 2.34. The molecule has 0 bridgehead atoms. The van der Waals surface area contributed by atoms with E-state index in [1.54, 1.807) is 16.8 Å². The average molecular weight is 284 g/mol. The number of carbonyl (C=O) groups is 1. The summed E-state index contributed by atoms with van der Waals surface area (Å²) in [6.45, 7) is 4.47. The van der Waals surface area contributed by atoms with Gasteiger partial charge in [-0.05, 0) is 25.0 Å². The van der Waals surface area contributed by atoms with Gasteiger partial charge in [-0.15, -0.1) is 0 Å². The maximum atomic E-state index is 12.4. The Bertz CT molecular complexity index is 662. The Hall–Kier alpha value is -2.36. The third-order valence-electron chi connectivity index (χ3n) is 3.52. The van der Waals surface area contributed by atoms with Crippen LogP contribution in [0, 0.1) is 0 Å². The van der Waals surface area contributed by atoms with Crippen LogP contribution in [0.5, 0.6) is 0 Å². The van der Waals surface area contributed by atoms with Gasteiger partial charge in [-0.2, -0.15) is 0 Å². The topological polar surface area (TPSA) is 51.1 Å². The molecule has 0 aliphatic carbocycles. The number of anilines is 1. The Kier molecular flexibility index (Phi) is 4.93. The molecule has 1 aromatic carbocycles. The highest BCUT2D eigenvalue weighted by Gasteiger charge is 2.18. The number of rotatable bonds is 5. The molecule has 1 heterocycles. The van der Waals surface area contributed by atoms with Crippen LogP contribution in [0.25, 0.3) is 0 Å². The molecule has 0 spiro atoms. The fourth-order valence-corrected chi connectivity index (χ4v) is 2.34. The van der Waals surface area contributed by atoms with E-state index in [4.69, 9.17) is 0 Å². The molecule has 2 aromatic rings. The number of amides is 1. The Morgan fingerprint density at radius 3 is 2.48 bits per heavy atom. The minimum atomic E-state index is -0.187. The standard InChI is InChI=1S/C17H20N2O2/c1-3-15(13-8-6-5-7-9-13)17(21)18-14-10-11-16(20)19(4-2)12-14/h5-12,15H,3-4H2,1-2H3,(H,18,21). The Morgan fingerprint density at radius 2 is 1.86 bits per heavy atom. The van der Waals surface area contributed by atoms with E-state index in [2.05, 4.69) is 5.32 Å². The Morgan fingerprint density at radius 1 is 1.14 bits per heavy atom. The molecule has 1 aromatic heterocycles. The molecule has 110 valence electrons. The quantitative estimate of drug-likeness (QED) is 0.917. The van der Waals surface area contributed by atoms with Crippen LogP contribution < -0.4 is 10.9 Å². The molecule has 21 heavy (non-hydrogen) atoms. The third-order valence-corrected chi connectivity index (χ3v) is 3.52. The van der Waals surface area contributed by atoms with Crippen LogP contribution in [0.2, 0.25) is 0 Å². The SMILES string of the molecule is CCC(C(=O)Nc1ccc(=O)n(CC)c1)c1ccccc1. The van der Waals surface area contributed by atoms with Crippen LogP contribution in [0.3, 0.4) is 0 Å². The summed E-state index contributed by atoms with van der Waals surface area (Å²) in [6.07, 6.45) is 2.40. The predicted octanol–water partition coefficient (Wildman–Crippen LogP) is 3.00. The van der Waals surface area contributed by atoms with Gasteiger partial charge in [0.1, 0.15) is 0 Å². The molecule has 1 N–H and O–H groups in total. The highest BCUT2D eigenvalue weighted by atomic mass is 16.2. The first-order chi connectivity index (χ1) is 10.2. The van der Waals surface area contributed by atoms with Crippen LogP contribution >= 0.6 is 0 Å². The fraction of sp³-hybridized carbons (Fsp3) is 0.294. The van der Waals surface area contributed by atoms with Crippen LogP contribution in [-0.4, -0.2) is 10.5 Å². The van der Waals surface area contributed by atoms with Crippen molar-refractivity contribution in [1.82, 2.24) is 4.57 Å². The summed E-state index contributed by atoms with van der Waals surface area (Å²) in [5.41, 5.74) is 1.59.